The van der Waals surface area contributed by atoms with Crippen LogP contribution in [0.15, 0.2) is 34.9 Å². The normalized spacial score (nSPS) is 44.0. The van der Waals surface area contributed by atoms with Crippen molar-refractivity contribution in [2.45, 2.75) is 73.1 Å². The van der Waals surface area contributed by atoms with Gasteiger partial charge in [0.2, 0.25) is 0 Å². The molecule has 0 aliphatic heterocycles. The summed E-state index contributed by atoms with van der Waals surface area (Å²) in [6.07, 6.45) is 15.1. The minimum Gasteiger partial charge on any atom is -0.0853 e. The van der Waals surface area contributed by atoms with Gasteiger partial charge in [-0.1, -0.05) is 48.8 Å². The fourth-order valence-electron chi connectivity index (χ4n) is 3.74. The van der Waals surface area contributed by atoms with Crippen LogP contribution in [0.3, 0.4) is 0 Å². The SMILES string of the molecule is C/C1=C\C[13CH2]/C(C)=C/[C@@H]2[C@H](C[13CH2]/C(C)=C/C[13CH2]1)C2(C)[13CH3]. The van der Waals surface area contributed by atoms with Gasteiger partial charge in [-0.2, -0.15) is 0 Å². The maximum Gasteiger partial charge on any atom is -0.0143 e. The highest BCUT2D eigenvalue weighted by molar-refractivity contribution is 5.19. The first-order valence-electron chi connectivity index (χ1n) is 8.40. The molecule has 112 valence electrons. The maximum atomic E-state index is 2.58. The highest BCUT2D eigenvalue weighted by Gasteiger charge is 2.55. The van der Waals surface area contributed by atoms with Gasteiger partial charge in [-0.05, 0) is 76.5 Å². The Morgan fingerprint density at radius 1 is 0.850 bits per heavy atom. The van der Waals surface area contributed by atoms with Gasteiger partial charge in [-0.15, -0.1) is 0 Å². The minimum atomic E-state index is 0.535. The molecule has 3 atom stereocenters. The predicted octanol–water partition coefficient (Wildman–Crippen LogP) is 6.45. The summed E-state index contributed by atoms with van der Waals surface area (Å²) in [5.41, 5.74) is 5.28. The molecule has 0 aromatic heterocycles. The summed E-state index contributed by atoms with van der Waals surface area (Å²) in [5.74, 6) is 1.73. The fraction of sp³-hybridized carbons (Fsp3) is 0.700. The van der Waals surface area contributed by atoms with Crippen molar-refractivity contribution in [3.8, 4) is 0 Å². The Kier molecular flexibility index (Phi) is 4.94. The van der Waals surface area contributed by atoms with E-state index < -0.39 is 0 Å². The van der Waals surface area contributed by atoms with Gasteiger partial charge >= 0.3 is 0 Å². The molecule has 0 spiro atoms. The fourth-order valence-corrected chi connectivity index (χ4v) is 3.74. The van der Waals surface area contributed by atoms with Gasteiger partial charge < -0.3 is 0 Å². The average molecular weight is 276 g/mol. The molecule has 0 amide bonds. The van der Waals surface area contributed by atoms with Gasteiger partial charge in [0.25, 0.3) is 0 Å². The van der Waals surface area contributed by atoms with E-state index in [1.54, 1.807) is 16.7 Å². The van der Waals surface area contributed by atoms with E-state index in [1.807, 2.05) is 0 Å². The van der Waals surface area contributed by atoms with Crippen LogP contribution in [0.5, 0.6) is 0 Å². The largest absolute Gasteiger partial charge is 0.0853 e. The van der Waals surface area contributed by atoms with Crippen LogP contribution in [0, 0.1) is 17.3 Å². The van der Waals surface area contributed by atoms with Crippen molar-refractivity contribution in [3.63, 3.8) is 0 Å². The van der Waals surface area contributed by atoms with Crippen LogP contribution in [0.2, 0.25) is 0 Å². The molecule has 0 N–H and O–H groups in total. The van der Waals surface area contributed by atoms with Gasteiger partial charge in [0.15, 0.2) is 0 Å². The third-order valence-electron chi connectivity index (χ3n) is 5.52. The van der Waals surface area contributed by atoms with E-state index in [9.17, 15) is 0 Å². The molecule has 0 radical (unpaired) electrons. The molecular formula is C20H32. The second kappa shape index (κ2) is 6.33. The van der Waals surface area contributed by atoms with Gasteiger partial charge in [0.1, 0.15) is 0 Å². The molecule has 0 aromatic carbocycles. The predicted molar refractivity (Wildman–Crippen MR) is 89.7 cm³/mol. The number of hydrogen-bond donors (Lipinski definition) is 0. The molecule has 0 heteroatoms. The zero-order valence-electron chi connectivity index (χ0n) is 14.1. The zero-order valence-corrected chi connectivity index (χ0v) is 14.1. The molecule has 2 aliphatic rings. The Morgan fingerprint density at radius 2 is 1.40 bits per heavy atom. The van der Waals surface area contributed by atoms with Crippen molar-refractivity contribution < 1.29 is 0 Å². The van der Waals surface area contributed by atoms with Crippen LogP contribution in [-0.4, -0.2) is 0 Å². The molecule has 20 heavy (non-hydrogen) atoms. The quantitative estimate of drug-likeness (QED) is 0.352. The molecule has 0 aromatic rings. The lowest BCUT2D eigenvalue weighted by atomic mass is 10.2. The third kappa shape index (κ3) is 3.87. The van der Waals surface area contributed by atoms with Crippen LogP contribution >= 0.6 is 0 Å². The van der Waals surface area contributed by atoms with E-state index in [1.165, 1.54) is 38.5 Å². The first-order valence-corrected chi connectivity index (χ1v) is 8.40. The lowest BCUT2D eigenvalue weighted by molar-refractivity contribution is 0.528. The number of allylic oxidation sites excluding steroid dienone is 6. The summed E-state index contributed by atoms with van der Waals surface area (Å²) in [5, 5.41) is 0. The third-order valence-corrected chi connectivity index (χ3v) is 5.52. The molecule has 0 heterocycles. The smallest absolute Gasteiger partial charge is 0.0143 e. The zero-order chi connectivity index (χ0) is 14.8. The summed E-state index contributed by atoms with van der Waals surface area (Å²) in [6, 6.07) is 0. The monoisotopic (exact) mass is 276 g/mol. The Bertz CT molecular complexity index is 431. The first-order chi connectivity index (χ1) is 9.41. The molecule has 0 bridgehead atoms. The molecule has 1 saturated carbocycles. The lowest BCUT2D eigenvalue weighted by Crippen LogP contribution is -1.91. The topological polar surface area (TPSA) is 0 Å². The Balaban J connectivity index is 2.09. The van der Waals surface area contributed by atoms with E-state index in [2.05, 4.69) is 52.8 Å². The average Bonchev–Trinajstić information content (AvgIpc) is 2.86. The molecule has 1 fully saturated rings. The van der Waals surface area contributed by atoms with Gasteiger partial charge in [0, 0.05) is 0 Å². The van der Waals surface area contributed by atoms with Crippen LogP contribution < -0.4 is 0 Å². The van der Waals surface area contributed by atoms with Crippen LogP contribution in [0.4, 0.5) is 0 Å². The second-order valence-electron chi connectivity index (χ2n) is 7.68. The molecule has 2 aliphatic carbocycles. The van der Waals surface area contributed by atoms with E-state index >= 15 is 0 Å². The maximum absolute atomic E-state index is 2.58. The van der Waals surface area contributed by atoms with Gasteiger partial charge in [0.05, 0.1) is 0 Å². The van der Waals surface area contributed by atoms with Crippen LogP contribution in [0.25, 0.3) is 0 Å². The molecule has 2 rings (SSSR count). The number of hydrogen-bond acceptors (Lipinski definition) is 0. The molecule has 1 unspecified atom stereocenters. The molecular weight excluding hydrogens is 244 g/mol. The standard InChI is InChI=1S/C20H32/c1-15-8-6-10-16(2)12-13-18-19(20(18,4)5)14-17(3)11-7-9-15/h9-10,14,18-19H,6-8,11-13H2,1-5H3/b15-9+,16-10+,17-14+/t18-,19+/m0/s1/i4+1,8+1,11+1,12+1/t18-,19+,20?. The van der Waals surface area contributed by atoms with E-state index in [4.69, 9.17) is 0 Å². The van der Waals surface area contributed by atoms with E-state index in [0.717, 1.165) is 11.8 Å². The summed E-state index contributed by atoms with van der Waals surface area (Å²) >= 11 is 0. The van der Waals surface area contributed by atoms with E-state index in [-0.39, 0.29) is 0 Å². The first kappa shape index (κ1) is 15.6. The summed E-state index contributed by atoms with van der Waals surface area (Å²) in [6.45, 7) is 11.8. The summed E-state index contributed by atoms with van der Waals surface area (Å²) < 4.78 is 0. The highest BCUT2D eigenvalue weighted by atomic mass is 14.7. The Labute approximate surface area is 126 Å². The van der Waals surface area contributed by atoms with Crippen molar-refractivity contribution >= 4 is 0 Å². The summed E-state index contributed by atoms with van der Waals surface area (Å²) in [7, 11) is 0. The van der Waals surface area contributed by atoms with Crippen molar-refractivity contribution in [2.75, 3.05) is 0 Å². The minimum absolute atomic E-state index is 0.535. The summed E-state index contributed by atoms with van der Waals surface area (Å²) in [4.78, 5) is 0. The van der Waals surface area contributed by atoms with Crippen LogP contribution in [0.1, 0.15) is 73.1 Å². The highest BCUT2D eigenvalue weighted by Crippen LogP contribution is 2.61. The number of rotatable bonds is 0. The second-order valence-corrected chi connectivity index (χ2v) is 7.68. The molecule has 0 nitrogen and oxygen atoms in total. The van der Waals surface area contributed by atoms with Crippen LogP contribution in [-0.2, 0) is 0 Å². The van der Waals surface area contributed by atoms with Crippen molar-refractivity contribution in [3.05, 3.63) is 34.9 Å². The number of fused-ring (bicyclic) bond motifs is 1. The van der Waals surface area contributed by atoms with Crippen molar-refractivity contribution in [2.24, 2.45) is 17.3 Å². The van der Waals surface area contributed by atoms with Gasteiger partial charge in [-0.25, -0.2) is 0 Å². The lowest BCUT2D eigenvalue weighted by Gasteiger charge is -2.05. The van der Waals surface area contributed by atoms with Crippen molar-refractivity contribution in [1.82, 2.24) is 0 Å². The Morgan fingerprint density at radius 3 is 2.05 bits per heavy atom. The van der Waals surface area contributed by atoms with Gasteiger partial charge in [-0.3, -0.25) is 0 Å². The van der Waals surface area contributed by atoms with Crippen molar-refractivity contribution in [1.29, 1.82) is 0 Å². The Hall–Kier alpha value is -0.780. The molecule has 0 saturated heterocycles. The van der Waals surface area contributed by atoms with E-state index in [0.29, 0.717) is 5.41 Å².